The first-order valence-electron chi connectivity index (χ1n) is 8.07. The van der Waals surface area contributed by atoms with E-state index in [-0.39, 0.29) is 12.5 Å². The number of hydrogen-bond donors (Lipinski definition) is 1. The molecule has 0 unspecified atom stereocenters. The highest BCUT2D eigenvalue weighted by molar-refractivity contribution is 5.92. The summed E-state index contributed by atoms with van der Waals surface area (Å²) in [5.41, 5.74) is 6.56. The quantitative estimate of drug-likeness (QED) is 0.701. The number of benzene rings is 2. The van der Waals surface area contributed by atoms with Crippen molar-refractivity contribution in [2.45, 2.75) is 6.54 Å². The molecule has 6 heteroatoms. The average Bonchev–Trinajstić information content (AvgIpc) is 2.66. The fourth-order valence-electron chi connectivity index (χ4n) is 2.31. The Bertz CT molecular complexity index is 754. The molecule has 2 N–H and O–H groups in total. The van der Waals surface area contributed by atoms with E-state index in [2.05, 4.69) is 6.58 Å². The lowest BCUT2D eigenvalue weighted by molar-refractivity contribution is -0.133. The Kier molecular flexibility index (Phi) is 6.79. The molecule has 0 bridgehead atoms. The first kappa shape index (κ1) is 19.1. The fourth-order valence-corrected chi connectivity index (χ4v) is 2.31. The maximum Gasteiger partial charge on any atom is 0.261 e. The third-order valence-corrected chi connectivity index (χ3v) is 3.74. The van der Waals surface area contributed by atoms with Crippen molar-refractivity contribution in [3.63, 3.8) is 0 Å². The van der Waals surface area contributed by atoms with E-state index < -0.39 is 5.91 Å². The maximum atomic E-state index is 12.5. The van der Waals surface area contributed by atoms with E-state index in [0.717, 1.165) is 11.3 Å². The van der Waals surface area contributed by atoms with Crippen LogP contribution in [0.3, 0.4) is 0 Å². The predicted octanol–water partition coefficient (Wildman–Crippen LogP) is 2.39. The zero-order valence-electron chi connectivity index (χ0n) is 14.7. The van der Waals surface area contributed by atoms with Crippen LogP contribution in [0, 0.1) is 0 Å². The lowest BCUT2D eigenvalue weighted by Gasteiger charge is -2.21. The van der Waals surface area contributed by atoms with Gasteiger partial charge in [0.15, 0.2) is 6.61 Å². The molecule has 6 nitrogen and oxygen atoms in total. The number of primary amides is 1. The van der Waals surface area contributed by atoms with Gasteiger partial charge in [0, 0.05) is 18.7 Å². The third-order valence-electron chi connectivity index (χ3n) is 3.74. The molecule has 0 aromatic heterocycles. The van der Waals surface area contributed by atoms with E-state index in [1.54, 1.807) is 42.4 Å². The number of nitrogens with two attached hydrogens (primary N) is 1. The number of hydrogen-bond acceptors (Lipinski definition) is 4. The first-order valence-corrected chi connectivity index (χ1v) is 8.07. The summed E-state index contributed by atoms with van der Waals surface area (Å²) in [6, 6.07) is 13.8. The van der Waals surface area contributed by atoms with E-state index in [4.69, 9.17) is 15.2 Å². The molecule has 0 aliphatic carbocycles. The Morgan fingerprint density at radius 2 is 1.69 bits per heavy atom. The molecule has 0 fully saturated rings. The molecule has 136 valence electrons. The van der Waals surface area contributed by atoms with Crippen LogP contribution >= 0.6 is 0 Å². The minimum absolute atomic E-state index is 0.111. The highest BCUT2D eigenvalue weighted by Crippen LogP contribution is 2.14. The largest absolute Gasteiger partial charge is 0.497 e. The lowest BCUT2D eigenvalue weighted by atomic mass is 10.2. The number of carbonyl (C=O) groups is 2. The SMILES string of the molecule is C=CCN(Cc1ccc(OC)cc1)C(=O)COc1ccc(C(N)=O)cc1. The minimum atomic E-state index is -0.510. The molecule has 2 amide bonds. The van der Waals surface area contributed by atoms with E-state index in [0.29, 0.717) is 24.4 Å². The average molecular weight is 354 g/mol. The summed E-state index contributed by atoms with van der Waals surface area (Å²) >= 11 is 0. The molecule has 0 spiro atoms. The summed E-state index contributed by atoms with van der Waals surface area (Å²) in [5.74, 6) is 0.577. The van der Waals surface area contributed by atoms with Crippen LogP contribution in [-0.2, 0) is 11.3 Å². The second kappa shape index (κ2) is 9.27. The van der Waals surface area contributed by atoms with Gasteiger partial charge >= 0.3 is 0 Å². The third kappa shape index (κ3) is 5.37. The number of methoxy groups -OCH3 is 1. The second-order valence-corrected chi connectivity index (χ2v) is 5.59. The standard InChI is InChI=1S/C20H22N2O4/c1-3-12-22(13-15-4-8-17(25-2)9-5-15)19(23)14-26-18-10-6-16(7-11-18)20(21)24/h3-11H,1,12-14H2,2H3,(H2,21,24). The minimum Gasteiger partial charge on any atom is -0.497 e. The fraction of sp³-hybridized carbons (Fsp3) is 0.200. The van der Waals surface area contributed by atoms with E-state index in [9.17, 15) is 9.59 Å². The second-order valence-electron chi connectivity index (χ2n) is 5.59. The molecular weight excluding hydrogens is 332 g/mol. The molecule has 0 radical (unpaired) electrons. The van der Waals surface area contributed by atoms with Gasteiger partial charge in [0.2, 0.25) is 5.91 Å². The van der Waals surface area contributed by atoms with Crippen LogP contribution in [0.2, 0.25) is 0 Å². The Labute approximate surface area is 152 Å². The number of nitrogens with zero attached hydrogens (tertiary/aromatic N) is 1. The van der Waals surface area contributed by atoms with Gasteiger partial charge in [-0.25, -0.2) is 0 Å². The van der Waals surface area contributed by atoms with Gasteiger partial charge in [-0.15, -0.1) is 6.58 Å². The van der Waals surface area contributed by atoms with Gasteiger partial charge in [-0.1, -0.05) is 18.2 Å². The van der Waals surface area contributed by atoms with Crippen LogP contribution in [0.1, 0.15) is 15.9 Å². The van der Waals surface area contributed by atoms with Gasteiger partial charge in [-0.05, 0) is 42.0 Å². The van der Waals surface area contributed by atoms with Gasteiger partial charge in [0.25, 0.3) is 5.91 Å². The van der Waals surface area contributed by atoms with Gasteiger partial charge < -0.3 is 20.1 Å². The first-order chi connectivity index (χ1) is 12.5. The summed E-state index contributed by atoms with van der Waals surface area (Å²) in [5, 5.41) is 0. The van der Waals surface area contributed by atoms with E-state index in [1.165, 1.54) is 0 Å². The Morgan fingerprint density at radius 1 is 1.08 bits per heavy atom. The van der Waals surface area contributed by atoms with E-state index in [1.807, 2.05) is 24.3 Å². The van der Waals surface area contributed by atoms with Crippen molar-refractivity contribution in [3.05, 3.63) is 72.3 Å². The van der Waals surface area contributed by atoms with Crippen LogP contribution < -0.4 is 15.2 Å². The zero-order chi connectivity index (χ0) is 18.9. The number of ether oxygens (including phenoxy) is 2. The topological polar surface area (TPSA) is 81.9 Å². The molecule has 0 heterocycles. The van der Waals surface area contributed by atoms with E-state index >= 15 is 0 Å². The molecule has 2 aromatic carbocycles. The molecule has 26 heavy (non-hydrogen) atoms. The molecule has 0 saturated heterocycles. The highest BCUT2D eigenvalue weighted by atomic mass is 16.5. The number of carbonyl (C=O) groups excluding carboxylic acids is 2. The Morgan fingerprint density at radius 3 is 2.23 bits per heavy atom. The Hall–Kier alpha value is -3.28. The number of amides is 2. The molecule has 0 saturated carbocycles. The molecule has 0 aliphatic rings. The Balaban J connectivity index is 1.96. The summed E-state index contributed by atoms with van der Waals surface area (Å²) < 4.78 is 10.6. The van der Waals surface area contributed by atoms with Crippen molar-refractivity contribution in [3.8, 4) is 11.5 Å². The van der Waals surface area contributed by atoms with Crippen molar-refractivity contribution in [2.24, 2.45) is 5.73 Å². The molecular formula is C20H22N2O4. The monoisotopic (exact) mass is 354 g/mol. The van der Waals surface area contributed by atoms with Crippen molar-refractivity contribution in [1.82, 2.24) is 4.90 Å². The van der Waals surface area contributed by atoms with Crippen LogP contribution in [0.25, 0.3) is 0 Å². The van der Waals surface area contributed by atoms with Gasteiger partial charge in [0.1, 0.15) is 11.5 Å². The van der Waals surface area contributed by atoms with Crippen LogP contribution in [-0.4, -0.2) is 37.0 Å². The van der Waals surface area contributed by atoms with Gasteiger partial charge in [-0.3, -0.25) is 9.59 Å². The molecule has 0 aliphatic heterocycles. The predicted molar refractivity (Wildman–Crippen MR) is 99.1 cm³/mol. The van der Waals surface area contributed by atoms with Crippen LogP contribution in [0.4, 0.5) is 0 Å². The van der Waals surface area contributed by atoms with Crippen molar-refractivity contribution in [1.29, 1.82) is 0 Å². The summed E-state index contributed by atoms with van der Waals surface area (Å²) in [7, 11) is 1.61. The molecule has 0 atom stereocenters. The van der Waals surface area contributed by atoms with Gasteiger partial charge in [-0.2, -0.15) is 0 Å². The zero-order valence-corrected chi connectivity index (χ0v) is 14.7. The highest BCUT2D eigenvalue weighted by Gasteiger charge is 2.14. The van der Waals surface area contributed by atoms with Gasteiger partial charge in [0.05, 0.1) is 7.11 Å². The van der Waals surface area contributed by atoms with Crippen molar-refractivity contribution >= 4 is 11.8 Å². The summed E-state index contributed by atoms with van der Waals surface area (Å²) in [6.45, 7) is 4.44. The molecule has 2 aromatic rings. The van der Waals surface area contributed by atoms with Crippen molar-refractivity contribution in [2.75, 3.05) is 20.3 Å². The van der Waals surface area contributed by atoms with Crippen LogP contribution in [0.15, 0.2) is 61.2 Å². The normalized spacial score (nSPS) is 10.0. The van der Waals surface area contributed by atoms with Crippen LogP contribution in [0.5, 0.6) is 11.5 Å². The maximum absolute atomic E-state index is 12.5. The van der Waals surface area contributed by atoms with Crippen molar-refractivity contribution < 1.29 is 19.1 Å². The summed E-state index contributed by atoms with van der Waals surface area (Å²) in [4.78, 5) is 25.2. The lowest BCUT2D eigenvalue weighted by Crippen LogP contribution is -2.34. The number of rotatable bonds is 9. The molecule has 2 rings (SSSR count). The smallest absolute Gasteiger partial charge is 0.261 e. The summed E-state index contributed by atoms with van der Waals surface area (Å²) in [6.07, 6.45) is 1.67.